The Hall–Kier alpha value is -2.80. The summed E-state index contributed by atoms with van der Waals surface area (Å²) >= 11 is 1.34. The zero-order valence-corrected chi connectivity index (χ0v) is 14.0. The number of nitrogens with zero attached hydrogens (tertiary/aromatic N) is 1. The lowest BCUT2D eigenvalue weighted by molar-refractivity contribution is -0.0493. The van der Waals surface area contributed by atoms with Gasteiger partial charge in [0, 0.05) is 10.9 Å². The first kappa shape index (κ1) is 17.0. The molecule has 3 aromatic rings. The van der Waals surface area contributed by atoms with Gasteiger partial charge >= 0.3 is 6.61 Å². The van der Waals surface area contributed by atoms with Crippen LogP contribution in [0.15, 0.2) is 53.9 Å². The number of carbonyl (C=O) groups is 1. The number of anilines is 1. The number of hydrogen-bond acceptors (Lipinski definition) is 4. The van der Waals surface area contributed by atoms with Crippen molar-refractivity contribution in [3.63, 3.8) is 0 Å². The second kappa shape index (κ2) is 7.40. The number of nitrogens with one attached hydrogen (secondary N) is 1. The number of amides is 1. The molecule has 4 nitrogen and oxygen atoms in total. The summed E-state index contributed by atoms with van der Waals surface area (Å²) in [6.07, 6.45) is 0. The highest BCUT2D eigenvalue weighted by molar-refractivity contribution is 7.13. The lowest BCUT2D eigenvalue weighted by Crippen LogP contribution is -2.14. The number of hydrogen-bond donors (Lipinski definition) is 1. The fourth-order valence-electron chi connectivity index (χ4n) is 2.16. The molecule has 0 atom stereocenters. The molecule has 1 amide bonds. The average molecular weight is 360 g/mol. The minimum Gasteiger partial charge on any atom is -0.433 e. The lowest BCUT2D eigenvalue weighted by atomic mass is 10.2. The summed E-state index contributed by atoms with van der Waals surface area (Å²) in [5, 5.41) is 4.89. The number of thiazole rings is 1. The molecule has 7 heteroatoms. The first-order valence-electron chi connectivity index (χ1n) is 7.40. The molecule has 3 rings (SSSR count). The summed E-state index contributed by atoms with van der Waals surface area (Å²) < 4.78 is 29.3. The Balaban J connectivity index is 1.78. The van der Waals surface area contributed by atoms with Crippen molar-refractivity contribution in [1.82, 2.24) is 4.98 Å². The Morgan fingerprint density at radius 2 is 1.88 bits per heavy atom. The zero-order valence-electron chi connectivity index (χ0n) is 13.2. The number of ether oxygens (including phenoxy) is 1. The lowest BCUT2D eigenvalue weighted by Gasteiger charge is -2.10. The van der Waals surface area contributed by atoms with Crippen LogP contribution >= 0.6 is 11.3 Å². The summed E-state index contributed by atoms with van der Waals surface area (Å²) in [6, 6.07) is 13.8. The second-order valence-corrected chi connectivity index (χ2v) is 6.09. The van der Waals surface area contributed by atoms with Gasteiger partial charge in [-0.1, -0.05) is 42.0 Å². The van der Waals surface area contributed by atoms with Gasteiger partial charge in [0.2, 0.25) is 0 Å². The maximum Gasteiger partial charge on any atom is 0.387 e. The molecule has 0 radical (unpaired) electrons. The SMILES string of the molecule is Cc1ccc(-c2nc(C(=O)Nc3ccccc3OC(F)F)cs2)cc1. The topological polar surface area (TPSA) is 51.2 Å². The van der Waals surface area contributed by atoms with Gasteiger partial charge in [0.25, 0.3) is 5.91 Å². The highest BCUT2D eigenvalue weighted by Gasteiger charge is 2.15. The van der Waals surface area contributed by atoms with Crippen LogP contribution in [0.25, 0.3) is 10.6 Å². The van der Waals surface area contributed by atoms with Crippen molar-refractivity contribution in [3.8, 4) is 16.3 Å². The van der Waals surface area contributed by atoms with E-state index in [-0.39, 0.29) is 17.1 Å². The van der Waals surface area contributed by atoms with Gasteiger partial charge < -0.3 is 10.1 Å². The third-order valence-electron chi connectivity index (χ3n) is 3.39. The minimum absolute atomic E-state index is 0.0974. The van der Waals surface area contributed by atoms with Crippen LogP contribution in [0.3, 0.4) is 0 Å². The number of carbonyl (C=O) groups excluding carboxylic acids is 1. The Morgan fingerprint density at radius 3 is 2.60 bits per heavy atom. The number of alkyl halides is 2. The zero-order chi connectivity index (χ0) is 17.8. The first-order chi connectivity index (χ1) is 12.0. The number of rotatable bonds is 5. The van der Waals surface area contributed by atoms with E-state index in [4.69, 9.17) is 0 Å². The van der Waals surface area contributed by atoms with Crippen molar-refractivity contribution in [1.29, 1.82) is 0 Å². The van der Waals surface area contributed by atoms with Gasteiger partial charge in [0.05, 0.1) is 5.69 Å². The highest BCUT2D eigenvalue weighted by Crippen LogP contribution is 2.27. The number of halogens is 2. The number of aromatic nitrogens is 1. The minimum atomic E-state index is -2.97. The van der Waals surface area contributed by atoms with Crippen LogP contribution in [0.5, 0.6) is 5.75 Å². The average Bonchev–Trinajstić information content (AvgIpc) is 3.07. The van der Waals surface area contributed by atoms with Gasteiger partial charge in [-0.2, -0.15) is 8.78 Å². The smallest absolute Gasteiger partial charge is 0.387 e. The quantitative estimate of drug-likeness (QED) is 0.699. The van der Waals surface area contributed by atoms with Crippen LogP contribution in [0, 0.1) is 6.92 Å². The van der Waals surface area contributed by atoms with Crippen LogP contribution in [0.1, 0.15) is 16.1 Å². The summed E-state index contributed by atoms with van der Waals surface area (Å²) in [6.45, 7) is -0.978. The monoisotopic (exact) mass is 360 g/mol. The van der Waals surface area contributed by atoms with Gasteiger partial charge in [-0.3, -0.25) is 4.79 Å². The molecule has 0 unspecified atom stereocenters. The molecule has 0 aliphatic carbocycles. The largest absolute Gasteiger partial charge is 0.433 e. The molecule has 128 valence electrons. The van der Waals surface area contributed by atoms with E-state index in [1.54, 1.807) is 17.5 Å². The molecule has 0 aliphatic heterocycles. The van der Waals surface area contributed by atoms with Crippen molar-refractivity contribution in [2.24, 2.45) is 0 Å². The number of para-hydroxylation sites is 2. The maximum atomic E-state index is 12.4. The molecule has 0 bridgehead atoms. The van der Waals surface area contributed by atoms with Crippen LogP contribution in [0.2, 0.25) is 0 Å². The second-order valence-electron chi connectivity index (χ2n) is 5.23. The fourth-order valence-corrected chi connectivity index (χ4v) is 2.97. The van der Waals surface area contributed by atoms with E-state index in [1.165, 1.54) is 23.5 Å². The molecule has 0 spiro atoms. The highest BCUT2D eigenvalue weighted by atomic mass is 32.1. The van der Waals surface area contributed by atoms with E-state index < -0.39 is 12.5 Å². The Morgan fingerprint density at radius 1 is 1.16 bits per heavy atom. The molecule has 2 aromatic carbocycles. The predicted octanol–water partition coefficient (Wildman–Crippen LogP) is 4.97. The van der Waals surface area contributed by atoms with E-state index in [0.717, 1.165) is 11.1 Å². The molecule has 0 aliphatic rings. The van der Waals surface area contributed by atoms with Crippen molar-refractivity contribution in [2.75, 3.05) is 5.32 Å². The van der Waals surface area contributed by atoms with E-state index in [1.807, 2.05) is 31.2 Å². The summed E-state index contributed by atoms with van der Waals surface area (Å²) in [4.78, 5) is 16.7. The molecular formula is C18H14F2N2O2S. The Labute approximate surface area is 147 Å². The Kier molecular flexibility index (Phi) is 5.04. The van der Waals surface area contributed by atoms with Gasteiger partial charge in [-0.25, -0.2) is 4.98 Å². The number of benzene rings is 2. The summed E-state index contributed by atoms with van der Waals surface area (Å²) in [7, 11) is 0. The molecule has 1 heterocycles. The van der Waals surface area contributed by atoms with Gasteiger partial charge in [0.15, 0.2) is 0 Å². The third kappa shape index (κ3) is 4.19. The van der Waals surface area contributed by atoms with Gasteiger partial charge in [-0.05, 0) is 19.1 Å². The van der Waals surface area contributed by atoms with E-state index in [9.17, 15) is 13.6 Å². The molecule has 1 aromatic heterocycles. The standard InChI is InChI=1S/C18H14F2N2O2S/c1-11-6-8-12(9-7-11)17-22-14(10-25-17)16(23)21-13-4-2-3-5-15(13)24-18(19)20/h2-10,18H,1H3,(H,21,23). The van der Waals surface area contributed by atoms with Crippen LogP contribution in [0.4, 0.5) is 14.5 Å². The Bertz CT molecular complexity index is 879. The maximum absolute atomic E-state index is 12.4. The predicted molar refractivity (Wildman–Crippen MR) is 93.3 cm³/mol. The summed E-state index contributed by atoms with van der Waals surface area (Å²) in [5.41, 5.74) is 2.43. The van der Waals surface area contributed by atoms with E-state index >= 15 is 0 Å². The molecular weight excluding hydrogens is 346 g/mol. The molecule has 0 saturated carbocycles. The molecule has 1 N–H and O–H groups in total. The van der Waals surface area contributed by atoms with Gasteiger partial charge in [-0.15, -0.1) is 11.3 Å². The fraction of sp³-hybridized carbons (Fsp3) is 0.111. The van der Waals surface area contributed by atoms with Crippen molar-refractivity contribution in [3.05, 3.63) is 65.2 Å². The van der Waals surface area contributed by atoms with Crippen molar-refractivity contribution >= 4 is 22.9 Å². The van der Waals surface area contributed by atoms with E-state index in [2.05, 4.69) is 15.0 Å². The molecule has 0 fully saturated rings. The third-order valence-corrected chi connectivity index (χ3v) is 4.28. The molecule has 0 saturated heterocycles. The van der Waals surface area contributed by atoms with Crippen LogP contribution in [-0.4, -0.2) is 17.5 Å². The molecule has 25 heavy (non-hydrogen) atoms. The van der Waals surface area contributed by atoms with Crippen molar-refractivity contribution < 1.29 is 18.3 Å². The van der Waals surface area contributed by atoms with Crippen LogP contribution < -0.4 is 10.1 Å². The van der Waals surface area contributed by atoms with Gasteiger partial charge in [0.1, 0.15) is 16.5 Å². The van der Waals surface area contributed by atoms with E-state index in [0.29, 0.717) is 5.01 Å². The van der Waals surface area contributed by atoms with Crippen LogP contribution in [-0.2, 0) is 0 Å². The summed E-state index contributed by atoms with van der Waals surface area (Å²) in [5.74, 6) is -0.584. The number of aryl methyl sites for hydroxylation is 1. The first-order valence-corrected chi connectivity index (χ1v) is 8.28. The van der Waals surface area contributed by atoms with Crippen molar-refractivity contribution in [2.45, 2.75) is 13.5 Å². The normalized spacial score (nSPS) is 10.7.